The molecule has 0 aliphatic carbocycles. The van der Waals surface area contributed by atoms with Crippen molar-refractivity contribution in [1.29, 1.82) is 0 Å². The van der Waals surface area contributed by atoms with E-state index in [2.05, 4.69) is 15.5 Å². The lowest BCUT2D eigenvalue weighted by atomic mass is 10.1. The number of anilines is 1. The molecule has 8 nitrogen and oxygen atoms in total. The lowest BCUT2D eigenvalue weighted by Crippen LogP contribution is -2.18. The third-order valence-corrected chi connectivity index (χ3v) is 2.78. The minimum Gasteiger partial charge on any atom is -0.478 e. The smallest absolute Gasteiger partial charge is 0.336 e. The van der Waals surface area contributed by atoms with Crippen LogP contribution in [0.1, 0.15) is 27.6 Å². The second-order valence-corrected chi connectivity index (χ2v) is 4.61. The molecule has 0 bridgehead atoms. The van der Waals surface area contributed by atoms with Crippen molar-refractivity contribution in [2.45, 2.75) is 20.5 Å². The third-order valence-electron chi connectivity index (χ3n) is 2.78. The number of nitrogens with zero attached hydrogens (tertiary/aromatic N) is 2. The number of aromatic carboxylic acids is 1. The van der Waals surface area contributed by atoms with Gasteiger partial charge in [-0.3, -0.25) is 4.79 Å². The molecule has 0 fully saturated rings. The topological polar surface area (TPSA) is 115 Å². The first-order valence-electron chi connectivity index (χ1n) is 6.46. The number of carbonyl (C=O) groups is 2. The summed E-state index contributed by atoms with van der Waals surface area (Å²) in [6.45, 7) is 3.18. The van der Waals surface area contributed by atoms with Crippen molar-refractivity contribution >= 4 is 17.6 Å². The van der Waals surface area contributed by atoms with E-state index in [9.17, 15) is 9.59 Å². The first-order chi connectivity index (χ1) is 10.5. The van der Waals surface area contributed by atoms with Gasteiger partial charge >= 0.3 is 5.97 Å². The fourth-order valence-electron chi connectivity index (χ4n) is 1.76. The number of aromatic nitrogens is 2. The Labute approximate surface area is 126 Å². The van der Waals surface area contributed by atoms with Crippen molar-refractivity contribution in [3.63, 3.8) is 0 Å². The predicted molar refractivity (Wildman–Crippen MR) is 75.5 cm³/mol. The van der Waals surface area contributed by atoms with Crippen LogP contribution in [0.25, 0.3) is 0 Å². The normalized spacial score (nSPS) is 10.5. The number of aryl methyl sites for hydroxylation is 2. The number of rotatable bonds is 6. The average molecular weight is 305 g/mol. The minimum absolute atomic E-state index is 0.0303. The Bertz CT molecular complexity index is 696. The summed E-state index contributed by atoms with van der Waals surface area (Å²) in [6, 6.07) is 4.65. The van der Waals surface area contributed by atoms with Gasteiger partial charge in [0, 0.05) is 5.69 Å². The van der Waals surface area contributed by atoms with Crippen LogP contribution in [-0.2, 0) is 16.1 Å². The second kappa shape index (κ2) is 6.81. The van der Waals surface area contributed by atoms with E-state index in [4.69, 9.17) is 14.4 Å². The van der Waals surface area contributed by atoms with Crippen molar-refractivity contribution in [3.8, 4) is 0 Å². The molecule has 22 heavy (non-hydrogen) atoms. The van der Waals surface area contributed by atoms with Crippen LogP contribution in [0.15, 0.2) is 22.7 Å². The standard InChI is InChI=1S/C14H15N3O5/c1-8-3-4-10(5-11(8)14(19)20)16-12(18)6-21-7-13-15-9(2)17-22-13/h3-5H,6-7H2,1-2H3,(H,16,18)(H,19,20). The summed E-state index contributed by atoms with van der Waals surface area (Å²) in [6.07, 6.45) is 0. The number of hydrogen-bond donors (Lipinski definition) is 2. The summed E-state index contributed by atoms with van der Waals surface area (Å²) in [5, 5.41) is 15.2. The lowest BCUT2D eigenvalue weighted by molar-refractivity contribution is -0.121. The van der Waals surface area contributed by atoms with Gasteiger partial charge in [0.05, 0.1) is 5.56 Å². The molecule has 0 atom stereocenters. The van der Waals surface area contributed by atoms with Gasteiger partial charge in [0.15, 0.2) is 5.82 Å². The highest BCUT2D eigenvalue weighted by atomic mass is 16.5. The van der Waals surface area contributed by atoms with Gasteiger partial charge in [0.2, 0.25) is 5.91 Å². The van der Waals surface area contributed by atoms with Gasteiger partial charge in [-0.1, -0.05) is 11.2 Å². The van der Waals surface area contributed by atoms with Crippen LogP contribution in [0.4, 0.5) is 5.69 Å². The second-order valence-electron chi connectivity index (χ2n) is 4.61. The fraction of sp³-hybridized carbons (Fsp3) is 0.286. The average Bonchev–Trinajstić information content (AvgIpc) is 2.86. The van der Waals surface area contributed by atoms with Crippen LogP contribution in [0, 0.1) is 13.8 Å². The van der Waals surface area contributed by atoms with E-state index >= 15 is 0 Å². The summed E-state index contributed by atoms with van der Waals surface area (Å²) in [5.74, 6) is -0.675. The maximum absolute atomic E-state index is 11.7. The number of hydrogen-bond acceptors (Lipinski definition) is 6. The van der Waals surface area contributed by atoms with Gasteiger partial charge in [0.25, 0.3) is 5.89 Å². The van der Waals surface area contributed by atoms with Crippen molar-refractivity contribution in [2.24, 2.45) is 0 Å². The van der Waals surface area contributed by atoms with Gasteiger partial charge < -0.3 is 19.7 Å². The number of carbonyl (C=O) groups excluding carboxylic acids is 1. The highest BCUT2D eigenvalue weighted by molar-refractivity contribution is 5.95. The molecule has 2 aromatic rings. The zero-order valence-corrected chi connectivity index (χ0v) is 12.1. The van der Waals surface area contributed by atoms with Crippen molar-refractivity contribution in [1.82, 2.24) is 10.1 Å². The number of ether oxygens (including phenoxy) is 1. The Morgan fingerprint density at radius 3 is 2.77 bits per heavy atom. The molecule has 0 spiro atoms. The molecule has 0 saturated carbocycles. The molecule has 116 valence electrons. The summed E-state index contributed by atoms with van der Waals surface area (Å²) in [4.78, 5) is 26.7. The minimum atomic E-state index is -1.04. The molecular formula is C14H15N3O5. The third kappa shape index (κ3) is 4.13. The molecule has 0 radical (unpaired) electrons. The predicted octanol–water partition coefficient (Wildman–Crippen LogP) is 1.54. The molecule has 1 aromatic heterocycles. The molecule has 1 heterocycles. The Balaban J connectivity index is 1.86. The largest absolute Gasteiger partial charge is 0.478 e. The molecule has 1 amide bonds. The quantitative estimate of drug-likeness (QED) is 0.831. The van der Waals surface area contributed by atoms with E-state index in [0.29, 0.717) is 17.1 Å². The number of benzene rings is 1. The number of amides is 1. The van der Waals surface area contributed by atoms with E-state index in [1.807, 2.05) is 0 Å². The van der Waals surface area contributed by atoms with Gasteiger partial charge in [-0.15, -0.1) is 0 Å². The monoisotopic (exact) mass is 305 g/mol. The van der Waals surface area contributed by atoms with E-state index in [1.165, 1.54) is 6.07 Å². The molecule has 0 saturated heterocycles. The molecule has 1 aromatic carbocycles. The molecule has 8 heteroatoms. The Morgan fingerprint density at radius 2 is 2.14 bits per heavy atom. The van der Waals surface area contributed by atoms with Gasteiger partial charge in [-0.2, -0.15) is 4.98 Å². The van der Waals surface area contributed by atoms with E-state index in [-0.39, 0.29) is 24.7 Å². The summed E-state index contributed by atoms with van der Waals surface area (Å²) in [5.41, 5.74) is 1.15. The molecule has 0 unspecified atom stereocenters. The van der Waals surface area contributed by atoms with E-state index in [1.54, 1.807) is 26.0 Å². The lowest BCUT2D eigenvalue weighted by Gasteiger charge is -2.07. The van der Waals surface area contributed by atoms with Crippen LogP contribution >= 0.6 is 0 Å². The van der Waals surface area contributed by atoms with Gasteiger partial charge in [-0.05, 0) is 31.5 Å². The van der Waals surface area contributed by atoms with Crippen LogP contribution in [0.5, 0.6) is 0 Å². The Morgan fingerprint density at radius 1 is 1.36 bits per heavy atom. The first kappa shape index (κ1) is 15.6. The van der Waals surface area contributed by atoms with Gasteiger partial charge in [0.1, 0.15) is 13.2 Å². The summed E-state index contributed by atoms with van der Waals surface area (Å²) < 4.78 is 9.98. The van der Waals surface area contributed by atoms with Crippen LogP contribution in [-0.4, -0.2) is 33.7 Å². The molecule has 2 rings (SSSR count). The summed E-state index contributed by atoms with van der Waals surface area (Å²) >= 11 is 0. The highest BCUT2D eigenvalue weighted by Crippen LogP contribution is 2.15. The SMILES string of the molecule is Cc1noc(COCC(=O)Nc2ccc(C)c(C(=O)O)c2)n1. The Kier molecular flexibility index (Phi) is 4.84. The zero-order chi connectivity index (χ0) is 16.1. The maximum atomic E-state index is 11.7. The van der Waals surface area contributed by atoms with Crippen molar-refractivity contribution in [3.05, 3.63) is 41.0 Å². The van der Waals surface area contributed by atoms with E-state index < -0.39 is 11.9 Å². The van der Waals surface area contributed by atoms with Crippen LogP contribution in [0.2, 0.25) is 0 Å². The highest BCUT2D eigenvalue weighted by Gasteiger charge is 2.10. The Hall–Kier alpha value is -2.74. The number of carboxylic acids is 1. The van der Waals surface area contributed by atoms with Gasteiger partial charge in [-0.25, -0.2) is 4.79 Å². The number of carboxylic acid groups (broad SMARTS) is 1. The maximum Gasteiger partial charge on any atom is 0.336 e. The zero-order valence-electron chi connectivity index (χ0n) is 12.1. The summed E-state index contributed by atoms with van der Waals surface area (Å²) in [7, 11) is 0. The fourth-order valence-corrected chi connectivity index (χ4v) is 1.76. The van der Waals surface area contributed by atoms with Crippen LogP contribution < -0.4 is 5.32 Å². The van der Waals surface area contributed by atoms with Crippen LogP contribution in [0.3, 0.4) is 0 Å². The molecular weight excluding hydrogens is 290 g/mol. The molecule has 2 N–H and O–H groups in total. The van der Waals surface area contributed by atoms with Crippen molar-refractivity contribution < 1.29 is 24.0 Å². The molecule has 0 aliphatic heterocycles. The first-order valence-corrected chi connectivity index (χ1v) is 6.46. The number of nitrogens with one attached hydrogen (secondary N) is 1. The molecule has 0 aliphatic rings. The van der Waals surface area contributed by atoms with Crippen molar-refractivity contribution in [2.75, 3.05) is 11.9 Å². The van der Waals surface area contributed by atoms with E-state index in [0.717, 1.165) is 0 Å².